The summed E-state index contributed by atoms with van der Waals surface area (Å²) in [5, 5.41) is 8.94. The molecule has 0 radical (unpaired) electrons. The van der Waals surface area contributed by atoms with Gasteiger partial charge < -0.3 is 9.84 Å². The van der Waals surface area contributed by atoms with Crippen LogP contribution in [0.25, 0.3) is 0 Å². The van der Waals surface area contributed by atoms with Crippen molar-refractivity contribution in [3.8, 4) is 11.5 Å². The Hall–Kier alpha value is -0.980. The molecule has 1 aromatic rings. The van der Waals surface area contributed by atoms with Crippen LogP contribution in [0.4, 0.5) is 13.2 Å². The molecule has 72 valence electrons. The monoisotopic (exact) mass is 257 g/mol. The maximum atomic E-state index is 11.6. The Morgan fingerprint density at radius 2 is 2.08 bits per heavy atom. The van der Waals surface area contributed by atoms with Gasteiger partial charge in [-0.1, -0.05) is 0 Å². The number of halogens is 4. The van der Waals surface area contributed by atoms with Crippen LogP contribution in [0.15, 0.2) is 16.9 Å². The minimum absolute atomic E-state index is 0.0574. The highest BCUT2D eigenvalue weighted by Gasteiger charge is 2.31. The lowest BCUT2D eigenvalue weighted by atomic mass is 10.4. The summed E-state index contributed by atoms with van der Waals surface area (Å²) in [6, 6.07) is 0.810. The van der Waals surface area contributed by atoms with Crippen molar-refractivity contribution in [3.05, 3.63) is 16.9 Å². The fourth-order valence-corrected chi connectivity index (χ4v) is 0.824. The van der Waals surface area contributed by atoms with Crippen molar-refractivity contribution in [2.75, 3.05) is 0 Å². The fraction of sp³-hybridized carbons (Fsp3) is 0.167. The molecule has 0 spiro atoms. The molecule has 0 unspecified atom stereocenters. The predicted octanol–water partition coefficient (Wildman–Crippen LogP) is 2.45. The summed E-state index contributed by atoms with van der Waals surface area (Å²) in [5.74, 6) is -0.977. The van der Waals surface area contributed by atoms with Gasteiger partial charge in [0.1, 0.15) is 4.60 Å². The van der Waals surface area contributed by atoms with E-state index in [9.17, 15) is 13.2 Å². The summed E-state index contributed by atoms with van der Waals surface area (Å²) in [6.07, 6.45) is -3.93. The van der Waals surface area contributed by atoms with Crippen LogP contribution in [-0.4, -0.2) is 16.5 Å². The van der Waals surface area contributed by atoms with Crippen molar-refractivity contribution in [1.29, 1.82) is 0 Å². The molecule has 0 aliphatic rings. The molecule has 0 bridgehead atoms. The standard InChI is InChI=1S/C6H3BrF3NO2/c7-5-4(12)1-3(2-11-5)13-6(8,9)10/h1-2,12H. The molecular weight excluding hydrogens is 255 g/mol. The van der Waals surface area contributed by atoms with Crippen molar-refractivity contribution in [2.45, 2.75) is 6.36 Å². The van der Waals surface area contributed by atoms with E-state index in [0.29, 0.717) is 0 Å². The molecule has 1 aromatic heterocycles. The zero-order valence-electron chi connectivity index (χ0n) is 5.97. The molecule has 1 N–H and O–H groups in total. The molecule has 13 heavy (non-hydrogen) atoms. The first kappa shape index (κ1) is 10.1. The second-order valence-electron chi connectivity index (χ2n) is 2.03. The second kappa shape index (κ2) is 3.41. The summed E-state index contributed by atoms with van der Waals surface area (Å²) in [5.41, 5.74) is 0. The van der Waals surface area contributed by atoms with Gasteiger partial charge >= 0.3 is 6.36 Å². The first-order valence-corrected chi connectivity index (χ1v) is 3.78. The number of aromatic hydroxyl groups is 1. The van der Waals surface area contributed by atoms with Gasteiger partial charge in [0.25, 0.3) is 0 Å². The lowest BCUT2D eigenvalue weighted by Crippen LogP contribution is -2.17. The van der Waals surface area contributed by atoms with Crippen LogP contribution in [-0.2, 0) is 0 Å². The van der Waals surface area contributed by atoms with Crippen LogP contribution in [0.1, 0.15) is 0 Å². The van der Waals surface area contributed by atoms with Crippen LogP contribution in [0.3, 0.4) is 0 Å². The van der Waals surface area contributed by atoms with E-state index in [1.54, 1.807) is 0 Å². The summed E-state index contributed by atoms with van der Waals surface area (Å²) < 4.78 is 38.4. The van der Waals surface area contributed by atoms with Crippen molar-refractivity contribution in [3.63, 3.8) is 0 Å². The van der Waals surface area contributed by atoms with Crippen molar-refractivity contribution >= 4 is 15.9 Å². The van der Waals surface area contributed by atoms with E-state index in [1.165, 1.54) is 0 Å². The zero-order valence-corrected chi connectivity index (χ0v) is 7.56. The smallest absolute Gasteiger partial charge is 0.505 e. The molecule has 0 fully saturated rings. The largest absolute Gasteiger partial charge is 0.573 e. The van der Waals surface area contributed by atoms with Gasteiger partial charge in [0, 0.05) is 6.07 Å². The normalized spacial score (nSPS) is 11.4. The second-order valence-corrected chi connectivity index (χ2v) is 2.78. The Labute approximate surface area is 79.3 Å². The summed E-state index contributed by atoms with van der Waals surface area (Å²) in [6.45, 7) is 0. The molecule has 0 aliphatic carbocycles. The van der Waals surface area contributed by atoms with Crippen LogP contribution in [0.2, 0.25) is 0 Å². The van der Waals surface area contributed by atoms with Gasteiger partial charge in [0.15, 0.2) is 11.5 Å². The summed E-state index contributed by atoms with van der Waals surface area (Å²) in [7, 11) is 0. The highest BCUT2D eigenvalue weighted by Crippen LogP contribution is 2.28. The Kier molecular flexibility index (Phi) is 2.65. The van der Waals surface area contributed by atoms with E-state index in [1.807, 2.05) is 0 Å². The van der Waals surface area contributed by atoms with E-state index >= 15 is 0 Å². The van der Waals surface area contributed by atoms with Crippen LogP contribution < -0.4 is 4.74 Å². The fourth-order valence-electron chi connectivity index (χ4n) is 0.607. The number of pyridine rings is 1. The third-order valence-corrected chi connectivity index (χ3v) is 1.64. The van der Waals surface area contributed by atoms with Crippen molar-refractivity contribution in [2.24, 2.45) is 0 Å². The van der Waals surface area contributed by atoms with E-state index in [2.05, 4.69) is 25.7 Å². The molecule has 0 amide bonds. The Morgan fingerprint density at radius 3 is 2.54 bits per heavy atom. The molecule has 1 heterocycles. The van der Waals surface area contributed by atoms with Crippen LogP contribution in [0.5, 0.6) is 11.5 Å². The zero-order chi connectivity index (χ0) is 10.1. The van der Waals surface area contributed by atoms with Gasteiger partial charge in [-0.2, -0.15) is 0 Å². The van der Waals surface area contributed by atoms with Gasteiger partial charge in [-0.05, 0) is 15.9 Å². The lowest BCUT2D eigenvalue weighted by Gasteiger charge is -2.08. The number of ether oxygens (including phenoxy) is 1. The van der Waals surface area contributed by atoms with Crippen LogP contribution in [0, 0.1) is 0 Å². The number of hydrogen-bond acceptors (Lipinski definition) is 3. The number of rotatable bonds is 1. The van der Waals surface area contributed by atoms with Gasteiger partial charge in [-0.25, -0.2) is 4.98 Å². The number of hydrogen-bond donors (Lipinski definition) is 1. The maximum Gasteiger partial charge on any atom is 0.573 e. The summed E-state index contributed by atoms with van der Waals surface area (Å²) in [4.78, 5) is 3.40. The topological polar surface area (TPSA) is 42.4 Å². The molecule has 0 aromatic carbocycles. The minimum Gasteiger partial charge on any atom is -0.505 e. The average Bonchev–Trinajstić information content (AvgIpc) is 1.94. The van der Waals surface area contributed by atoms with E-state index in [-0.39, 0.29) is 4.60 Å². The SMILES string of the molecule is Oc1cc(OC(F)(F)F)cnc1Br. The highest BCUT2D eigenvalue weighted by molar-refractivity contribution is 9.10. The molecule has 7 heteroatoms. The van der Waals surface area contributed by atoms with Gasteiger partial charge in [-0.3, -0.25) is 0 Å². The molecular formula is C6H3BrF3NO2. The Bertz CT molecular complexity index is 315. The molecule has 0 atom stereocenters. The number of aromatic nitrogens is 1. The number of alkyl halides is 3. The van der Waals surface area contributed by atoms with E-state index < -0.39 is 17.9 Å². The van der Waals surface area contributed by atoms with Gasteiger partial charge in [0.05, 0.1) is 6.20 Å². The van der Waals surface area contributed by atoms with Crippen molar-refractivity contribution in [1.82, 2.24) is 4.98 Å². The van der Waals surface area contributed by atoms with Gasteiger partial charge in [0.2, 0.25) is 0 Å². The van der Waals surface area contributed by atoms with Gasteiger partial charge in [-0.15, -0.1) is 13.2 Å². The lowest BCUT2D eigenvalue weighted by molar-refractivity contribution is -0.274. The van der Waals surface area contributed by atoms with E-state index in [0.717, 1.165) is 12.3 Å². The third kappa shape index (κ3) is 3.10. The van der Waals surface area contributed by atoms with E-state index in [4.69, 9.17) is 5.11 Å². The Morgan fingerprint density at radius 1 is 1.46 bits per heavy atom. The summed E-state index contributed by atoms with van der Waals surface area (Å²) >= 11 is 2.81. The molecule has 0 saturated carbocycles. The molecule has 0 aliphatic heterocycles. The third-order valence-electron chi connectivity index (χ3n) is 1.03. The Balaban J connectivity index is 2.86. The highest BCUT2D eigenvalue weighted by atomic mass is 79.9. The first-order chi connectivity index (χ1) is 5.88. The first-order valence-electron chi connectivity index (χ1n) is 2.99. The average molecular weight is 258 g/mol. The molecule has 3 nitrogen and oxygen atoms in total. The molecule has 1 rings (SSSR count). The number of nitrogens with zero attached hydrogens (tertiary/aromatic N) is 1. The quantitative estimate of drug-likeness (QED) is 0.786. The maximum absolute atomic E-state index is 11.6. The molecule has 0 saturated heterocycles. The van der Waals surface area contributed by atoms with Crippen LogP contribution >= 0.6 is 15.9 Å². The minimum atomic E-state index is -4.78. The predicted molar refractivity (Wildman–Crippen MR) is 40.3 cm³/mol. The van der Waals surface area contributed by atoms with Crippen molar-refractivity contribution < 1.29 is 23.0 Å².